The Kier molecular flexibility index (Phi) is 6.51. The number of ether oxygens (including phenoxy) is 1. The summed E-state index contributed by atoms with van der Waals surface area (Å²) < 4.78 is 7.04. The van der Waals surface area contributed by atoms with Gasteiger partial charge in [0.15, 0.2) is 6.61 Å². The van der Waals surface area contributed by atoms with Gasteiger partial charge in [0.25, 0.3) is 11.8 Å². The summed E-state index contributed by atoms with van der Waals surface area (Å²) in [5.74, 6) is 0.188. The third-order valence-corrected chi connectivity index (χ3v) is 4.27. The number of benzene rings is 2. The average Bonchev–Trinajstić information content (AvgIpc) is 3.29. The van der Waals surface area contributed by atoms with Crippen molar-refractivity contribution in [1.29, 1.82) is 0 Å². The van der Waals surface area contributed by atoms with Gasteiger partial charge in [-0.15, -0.1) is 5.10 Å². The lowest BCUT2D eigenvalue weighted by Gasteiger charge is -2.18. The number of carbonyl (C=O) groups is 2. The van der Waals surface area contributed by atoms with Crippen LogP contribution in [0.1, 0.15) is 24.2 Å². The zero-order valence-electron chi connectivity index (χ0n) is 16.3. The molecule has 0 aliphatic rings. The summed E-state index contributed by atoms with van der Waals surface area (Å²) in [6.07, 6.45) is 1.47. The number of nitrogens with zero attached hydrogens (tertiary/aromatic N) is 5. The van der Waals surface area contributed by atoms with E-state index in [1.165, 1.54) is 11.0 Å². The van der Waals surface area contributed by atoms with Crippen molar-refractivity contribution in [2.24, 2.45) is 0 Å². The van der Waals surface area contributed by atoms with E-state index in [4.69, 9.17) is 4.74 Å². The van der Waals surface area contributed by atoms with Crippen molar-refractivity contribution < 1.29 is 14.3 Å². The van der Waals surface area contributed by atoms with E-state index in [0.717, 1.165) is 5.69 Å². The van der Waals surface area contributed by atoms with Crippen molar-refractivity contribution >= 4 is 17.5 Å². The van der Waals surface area contributed by atoms with Gasteiger partial charge in [0.2, 0.25) is 0 Å². The van der Waals surface area contributed by atoms with E-state index in [1.807, 2.05) is 19.9 Å². The summed E-state index contributed by atoms with van der Waals surface area (Å²) in [4.78, 5) is 26.2. The molecule has 0 radical (unpaired) electrons. The van der Waals surface area contributed by atoms with Crippen LogP contribution in [0.2, 0.25) is 0 Å². The molecule has 0 saturated carbocycles. The van der Waals surface area contributed by atoms with Crippen LogP contribution in [-0.4, -0.2) is 56.6 Å². The fourth-order valence-corrected chi connectivity index (χ4v) is 2.73. The van der Waals surface area contributed by atoms with E-state index >= 15 is 0 Å². The van der Waals surface area contributed by atoms with Crippen LogP contribution >= 0.6 is 0 Å². The molecule has 1 N–H and O–H groups in total. The molecule has 150 valence electrons. The maximum Gasteiger partial charge on any atom is 0.262 e. The van der Waals surface area contributed by atoms with Crippen LogP contribution in [0.15, 0.2) is 54.9 Å². The Morgan fingerprint density at radius 2 is 1.86 bits per heavy atom. The van der Waals surface area contributed by atoms with Crippen LogP contribution < -0.4 is 10.1 Å². The Balaban J connectivity index is 1.55. The number of carbonyl (C=O) groups excluding carboxylic acids is 2. The smallest absolute Gasteiger partial charge is 0.262 e. The Hall–Kier alpha value is -3.75. The molecule has 1 heterocycles. The zero-order valence-corrected chi connectivity index (χ0v) is 16.3. The van der Waals surface area contributed by atoms with Crippen molar-refractivity contribution in [2.75, 3.05) is 25.0 Å². The lowest BCUT2D eigenvalue weighted by Crippen LogP contribution is -2.30. The monoisotopic (exact) mass is 394 g/mol. The maximum atomic E-state index is 12.3. The van der Waals surface area contributed by atoms with Gasteiger partial charge in [-0.25, -0.2) is 4.68 Å². The largest absolute Gasteiger partial charge is 0.484 e. The molecule has 0 unspecified atom stereocenters. The Morgan fingerprint density at radius 1 is 1.10 bits per heavy atom. The van der Waals surface area contributed by atoms with E-state index in [2.05, 4.69) is 20.8 Å². The fourth-order valence-electron chi connectivity index (χ4n) is 2.73. The van der Waals surface area contributed by atoms with Crippen LogP contribution in [0, 0.1) is 0 Å². The first-order valence-electron chi connectivity index (χ1n) is 9.26. The number of amides is 2. The molecule has 2 aromatic carbocycles. The van der Waals surface area contributed by atoms with Gasteiger partial charge in [-0.2, -0.15) is 0 Å². The minimum atomic E-state index is -0.305. The van der Waals surface area contributed by atoms with Gasteiger partial charge in [0.1, 0.15) is 12.1 Å². The van der Waals surface area contributed by atoms with Crippen LogP contribution in [0.4, 0.5) is 5.69 Å². The molecule has 0 fully saturated rings. The van der Waals surface area contributed by atoms with Gasteiger partial charge in [0.05, 0.1) is 5.69 Å². The summed E-state index contributed by atoms with van der Waals surface area (Å²) in [6, 6.07) is 13.9. The predicted octanol–water partition coefficient (Wildman–Crippen LogP) is 2.16. The highest BCUT2D eigenvalue weighted by Crippen LogP contribution is 2.16. The number of hydrogen-bond acceptors (Lipinski definition) is 6. The van der Waals surface area contributed by atoms with Gasteiger partial charge in [-0.3, -0.25) is 9.59 Å². The van der Waals surface area contributed by atoms with E-state index in [-0.39, 0.29) is 18.4 Å². The molecule has 3 rings (SSSR count). The molecule has 0 spiro atoms. The quantitative estimate of drug-likeness (QED) is 0.628. The molecule has 29 heavy (non-hydrogen) atoms. The molecule has 9 heteroatoms. The second-order valence-electron chi connectivity index (χ2n) is 6.14. The molecular weight excluding hydrogens is 372 g/mol. The molecule has 1 aromatic heterocycles. The number of aromatic nitrogens is 4. The highest BCUT2D eigenvalue weighted by molar-refractivity contribution is 5.96. The van der Waals surface area contributed by atoms with Crippen molar-refractivity contribution in [1.82, 2.24) is 25.1 Å². The van der Waals surface area contributed by atoms with Crippen LogP contribution in [0.5, 0.6) is 5.75 Å². The van der Waals surface area contributed by atoms with Crippen molar-refractivity contribution in [3.63, 3.8) is 0 Å². The summed E-state index contributed by atoms with van der Waals surface area (Å²) >= 11 is 0. The SMILES string of the molecule is CCN(CC)C(=O)c1ccc(NC(=O)COc2cccc(-n3cnnn3)c2)cc1. The molecule has 0 bridgehead atoms. The second-order valence-corrected chi connectivity index (χ2v) is 6.14. The predicted molar refractivity (Wildman–Crippen MR) is 107 cm³/mol. The van der Waals surface area contributed by atoms with Gasteiger partial charge < -0.3 is 15.0 Å². The molecule has 3 aromatic rings. The first-order chi connectivity index (χ1) is 14.1. The van der Waals surface area contributed by atoms with E-state index in [0.29, 0.717) is 30.1 Å². The number of hydrogen-bond donors (Lipinski definition) is 1. The van der Waals surface area contributed by atoms with Crippen molar-refractivity contribution in [3.05, 3.63) is 60.4 Å². The van der Waals surface area contributed by atoms with Crippen LogP contribution in [0.25, 0.3) is 5.69 Å². The number of rotatable bonds is 8. The first-order valence-corrected chi connectivity index (χ1v) is 9.26. The minimum absolute atomic E-state index is 0.0290. The van der Waals surface area contributed by atoms with Crippen LogP contribution in [0.3, 0.4) is 0 Å². The fraction of sp³-hybridized carbons (Fsp3) is 0.250. The lowest BCUT2D eigenvalue weighted by atomic mass is 10.2. The van der Waals surface area contributed by atoms with E-state index in [1.54, 1.807) is 47.4 Å². The molecule has 0 aliphatic heterocycles. The molecule has 9 nitrogen and oxygen atoms in total. The highest BCUT2D eigenvalue weighted by atomic mass is 16.5. The third kappa shape index (κ3) is 5.16. The molecule has 0 atom stereocenters. The highest BCUT2D eigenvalue weighted by Gasteiger charge is 2.12. The van der Waals surface area contributed by atoms with E-state index in [9.17, 15) is 9.59 Å². The average molecular weight is 394 g/mol. The topological polar surface area (TPSA) is 102 Å². The summed E-state index contributed by atoms with van der Waals surface area (Å²) in [5, 5.41) is 13.7. The minimum Gasteiger partial charge on any atom is -0.484 e. The Morgan fingerprint density at radius 3 is 2.52 bits per heavy atom. The summed E-state index contributed by atoms with van der Waals surface area (Å²) in [5.41, 5.74) is 1.90. The standard InChI is InChI=1S/C20H22N6O3/c1-3-25(4-2)20(28)15-8-10-16(11-9-15)22-19(27)13-29-18-7-5-6-17(12-18)26-14-21-23-24-26/h5-12,14H,3-4,13H2,1-2H3,(H,22,27). The van der Waals surface area contributed by atoms with Crippen molar-refractivity contribution in [3.8, 4) is 11.4 Å². The first kappa shape index (κ1) is 20.0. The zero-order chi connectivity index (χ0) is 20.6. The molecule has 0 saturated heterocycles. The number of tetrazole rings is 1. The maximum absolute atomic E-state index is 12.3. The normalized spacial score (nSPS) is 10.4. The number of anilines is 1. The van der Waals surface area contributed by atoms with Gasteiger partial charge in [0, 0.05) is 30.4 Å². The summed E-state index contributed by atoms with van der Waals surface area (Å²) in [6.45, 7) is 5.03. The molecular formula is C20H22N6O3. The van der Waals surface area contributed by atoms with Crippen LogP contribution in [-0.2, 0) is 4.79 Å². The van der Waals surface area contributed by atoms with Gasteiger partial charge in [-0.05, 0) is 60.7 Å². The molecule has 2 amide bonds. The number of nitrogens with one attached hydrogen (secondary N) is 1. The third-order valence-electron chi connectivity index (χ3n) is 4.27. The lowest BCUT2D eigenvalue weighted by molar-refractivity contribution is -0.118. The molecule has 0 aliphatic carbocycles. The second kappa shape index (κ2) is 9.45. The van der Waals surface area contributed by atoms with E-state index < -0.39 is 0 Å². The van der Waals surface area contributed by atoms with Gasteiger partial charge in [-0.1, -0.05) is 6.07 Å². The van der Waals surface area contributed by atoms with Crippen molar-refractivity contribution in [2.45, 2.75) is 13.8 Å². The Labute approximate surface area is 168 Å². The Bertz CT molecular complexity index is 953. The summed E-state index contributed by atoms with van der Waals surface area (Å²) in [7, 11) is 0. The van der Waals surface area contributed by atoms with Gasteiger partial charge >= 0.3 is 0 Å².